The molecule has 6 heteroatoms. The summed E-state index contributed by atoms with van der Waals surface area (Å²) < 4.78 is 0.906. The van der Waals surface area contributed by atoms with E-state index < -0.39 is 0 Å². The molecule has 0 aliphatic carbocycles. The van der Waals surface area contributed by atoms with Crippen molar-refractivity contribution in [3.63, 3.8) is 0 Å². The van der Waals surface area contributed by atoms with Crippen LogP contribution in [0.15, 0.2) is 10.8 Å². The smallest absolute Gasteiger partial charge is 0.148 e. The Bertz CT molecular complexity index is 405. The number of aromatic nitrogens is 2. The lowest BCUT2D eigenvalue weighted by Gasteiger charge is -2.34. The average Bonchev–Trinajstić information content (AvgIpc) is 2.39. The van der Waals surface area contributed by atoms with E-state index >= 15 is 0 Å². The van der Waals surface area contributed by atoms with Crippen molar-refractivity contribution < 1.29 is 5.11 Å². The fourth-order valence-electron chi connectivity index (χ4n) is 2.35. The van der Waals surface area contributed by atoms with Crippen LogP contribution in [-0.4, -0.2) is 41.3 Å². The van der Waals surface area contributed by atoms with Gasteiger partial charge in [-0.1, -0.05) is 0 Å². The van der Waals surface area contributed by atoms with Gasteiger partial charge in [0, 0.05) is 20.1 Å². The molecular weight excluding hydrogens is 296 g/mol. The second-order valence-electron chi connectivity index (χ2n) is 4.67. The van der Waals surface area contributed by atoms with Gasteiger partial charge in [0.25, 0.3) is 0 Å². The molecule has 2 N–H and O–H groups in total. The van der Waals surface area contributed by atoms with Crippen LogP contribution in [0.4, 0.5) is 11.6 Å². The minimum atomic E-state index is -0.214. The van der Waals surface area contributed by atoms with Crippen molar-refractivity contribution in [1.82, 2.24) is 9.97 Å². The van der Waals surface area contributed by atoms with Gasteiger partial charge in [0.2, 0.25) is 0 Å². The van der Waals surface area contributed by atoms with Gasteiger partial charge in [-0.15, -0.1) is 0 Å². The van der Waals surface area contributed by atoms with E-state index in [0.717, 1.165) is 42.0 Å². The molecule has 1 aromatic heterocycles. The number of anilines is 2. The summed E-state index contributed by atoms with van der Waals surface area (Å²) in [5.41, 5.74) is 0. The SMILES string of the molecule is CNc1ncnc(N2CCC(C(C)O)CC2)c1Br. The second kappa shape index (κ2) is 5.84. The number of aliphatic hydroxyl groups is 1. The van der Waals surface area contributed by atoms with E-state index in [2.05, 4.69) is 36.1 Å². The zero-order valence-electron chi connectivity index (χ0n) is 10.7. The van der Waals surface area contributed by atoms with Crippen LogP contribution in [0.3, 0.4) is 0 Å². The number of hydrogen-bond donors (Lipinski definition) is 2. The number of halogens is 1. The lowest BCUT2D eigenvalue weighted by Crippen LogP contribution is -2.37. The van der Waals surface area contributed by atoms with Gasteiger partial charge in [0.15, 0.2) is 0 Å². The molecule has 2 heterocycles. The number of nitrogens with one attached hydrogen (secondary N) is 1. The molecule has 1 fully saturated rings. The predicted octanol–water partition coefficient (Wildman–Crippen LogP) is 1.88. The van der Waals surface area contributed by atoms with Crippen molar-refractivity contribution in [2.75, 3.05) is 30.4 Å². The van der Waals surface area contributed by atoms with Gasteiger partial charge in [-0.2, -0.15) is 0 Å². The van der Waals surface area contributed by atoms with Gasteiger partial charge in [0.05, 0.1) is 6.10 Å². The fraction of sp³-hybridized carbons (Fsp3) is 0.667. The third kappa shape index (κ3) is 2.75. The molecule has 5 nitrogen and oxygen atoms in total. The zero-order chi connectivity index (χ0) is 13.1. The highest BCUT2D eigenvalue weighted by atomic mass is 79.9. The Morgan fingerprint density at radius 3 is 2.67 bits per heavy atom. The minimum Gasteiger partial charge on any atom is -0.393 e. The second-order valence-corrected chi connectivity index (χ2v) is 5.47. The maximum atomic E-state index is 9.61. The molecule has 1 aromatic rings. The minimum absolute atomic E-state index is 0.214. The molecule has 1 aliphatic heterocycles. The maximum absolute atomic E-state index is 9.61. The summed E-state index contributed by atoms with van der Waals surface area (Å²) in [6.45, 7) is 3.72. The highest BCUT2D eigenvalue weighted by Gasteiger charge is 2.25. The lowest BCUT2D eigenvalue weighted by atomic mass is 9.92. The van der Waals surface area contributed by atoms with Crippen molar-refractivity contribution in [2.24, 2.45) is 5.92 Å². The summed E-state index contributed by atoms with van der Waals surface area (Å²) in [6, 6.07) is 0. The van der Waals surface area contributed by atoms with Crippen LogP contribution in [0.2, 0.25) is 0 Å². The first-order chi connectivity index (χ1) is 8.63. The van der Waals surface area contributed by atoms with E-state index in [1.54, 1.807) is 6.33 Å². The van der Waals surface area contributed by atoms with Crippen LogP contribution in [0, 0.1) is 5.92 Å². The van der Waals surface area contributed by atoms with Gasteiger partial charge in [-0.3, -0.25) is 0 Å². The Balaban J connectivity index is 2.10. The van der Waals surface area contributed by atoms with Crippen molar-refractivity contribution in [3.05, 3.63) is 10.8 Å². The van der Waals surface area contributed by atoms with Gasteiger partial charge >= 0.3 is 0 Å². The van der Waals surface area contributed by atoms with Crippen molar-refractivity contribution in [2.45, 2.75) is 25.9 Å². The summed E-state index contributed by atoms with van der Waals surface area (Å²) in [5, 5.41) is 12.6. The summed E-state index contributed by atoms with van der Waals surface area (Å²) >= 11 is 3.54. The lowest BCUT2D eigenvalue weighted by molar-refractivity contribution is 0.109. The van der Waals surface area contributed by atoms with Crippen molar-refractivity contribution >= 4 is 27.6 Å². The molecule has 0 radical (unpaired) electrons. The van der Waals surface area contributed by atoms with E-state index in [0.29, 0.717) is 5.92 Å². The molecule has 1 atom stereocenters. The molecule has 1 aliphatic rings. The number of aliphatic hydroxyl groups excluding tert-OH is 1. The van der Waals surface area contributed by atoms with Crippen LogP contribution < -0.4 is 10.2 Å². The number of rotatable bonds is 3. The van der Waals surface area contributed by atoms with E-state index in [1.807, 2.05) is 14.0 Å². The molecule has 0 spiro atoms. The van der Waals surface area contributed by atoms with Crippen LogP contribution in [-0.2, 0) is 0 Å². The Kier molecular flexibility index (Phi) is 4.40. The Labute approximate surface area is 116 Å². The van der Waals surface area contributed by atoms with Gasteiger partial charge in [0.1, 0.15) is 22.4 Å². The fourth-order valence-corrected chi connectivity index (χ4v) is 3.00. The third-order valence-electron chi connectivity index (χ3n) is 3.53. The van der Waals surface area contributed by atoms with Crippen molar-refractivity contribution in [3.8, 4) is 0 Å². The van der Waals surface area contributed by atoms with Gasteiger partial charge < -0.3 is 15.3 Å². The maximum Gasteiger partial charge on any atom is 0.148 e. The molecule has 0 bridgehead atoms. The van der Waals surface area contributed by atoms with E-state index in [9.17, 15) is 5.11 Å². The molecule has 100 valence electrons. The molecule has 0 amide bonds. The van der Waals surface area contributed by atoms with Crippen LogP contribution >= 0.6 is 15.9 Å². The summed E-state index contributed by atoms with van der Waals surface area (Å²) in [6.07, 6.45) is 3.37. The van der Waals surface area contributed by atoms with Gasteiger partial charge in [-0.25, -0.2) is 9.97 Å². The van der Waals surface area contributed by atoms with E-state index in [-0.39, 0.29) is 6.10 Å². The topological polar surface area (TPSA) is 61.3 Å². The summed E-state index contributed by atoms with van der Waals surface area (Å²) in [5.74, 6) is 2.14. The summed E-state index contributed by atoms with van der Waals surface area (Å²) in [7, 11) is 1.84. The first-order valence-electron chi connectivity index (χ1n) is 6.24. The first kappa shape index (κ1) is 13.5. The molecule has 18 heavy (non-hydrogen) atoms. The zero-order valence-corrected chi connectivity index (χ0v) is 12.3. The van der Waals surface area contributed by atoms with Crippen LogP contribution in [0.25, 0.3) is 0 Å². The summed E-state index contributed by atoms with van der Waals surface area (Å²) in [4.78, 5) is 10.7. The largest absolute Gasteiger partial charge is 0.393 e. The third-order valence-corrected chi connectivity index (χ3v) is 4.26. The van der Waals surface area contributed by atoms with Gasteiger partial charge in [-0.05, 0) is 41.6 Å². The molecule has 1 saturated heterocycles. The first-order valence-corrected chi connectivity index (χ1v) is 7.04. The highest BCUT2D eigenvalue weighted by molar-refractivity contribution is 9.10. The quantitative estimate of drug-likeness (QED) is 0.892. The standard InChI is InChI=1S/C12H19BrN4O/c1-8(18)9-3-5-17(6-4-9)12-10(13)11(14-2)15-7-16-12/h7-9,18H,3-6H2,1-2H3,(H,14,15,16). The predicted molar refractivity (Wildman–Crippen MR) is 75.9 cm³/mol. The molecule has 0 saturated carbocycles. The molecule has 1 unspecified atom stereocenters. The highest BCUT2D eigenvalue weighted by Crippen LogP contribution is 2.32. The average molecular weight is 315 g/mol. The van der Waals surface area contributed by atoms with E-state index in [1.165, 1.54) is 0 Å². The number of piperidine rings is 1. The number of hydrogen-bond acceptors (Lipinski definition) is 5. The molecule has 2 rings (SSSR count). The van der Waals surface area contributed by atoms with Crippen molar-refractivity contribution in [1.29, 1.82) is 0 Å². The monoisotopic (exact) mass is 314 g/mol. The normalized spacial score (nSPS) is 18.8. The Morgan fingerprint density at radius 1 is 1.44 bits per heavy atom. The van der Waals surface area contributed by atoms with Crippen LogP contribution in [0.5, 0.6) is 0 Å². The Hall–Kier alpha value is -0.880. The molecule has 0 aromatic carbocycles. The number of nitrogens with zero attached hydrogens (tertiary/aromatic N) is 3. The molecular formula is C12H19BrN4O. The Morgan fingerprint density at radius 2 is 2.11 bits per heavy atom. The van der Waals surface area contributed by atoms with E-state index in [4.69, 9.17) is 0 Å². The van der Waals surface area contributed by atoms with Crippen LogP contribution in [0.1, 0.15) is 19.8 Å².